The molecule has 1 aliphatic rings. The lowest BCUT2D eigenvalue weighted by Crippen LogP contribution is -2.54. The predicted octanol–water partition coefficient (Wildman–Crippen LogP) is 0.679. The van der Waals surface area contributed by atoms with Crippen molar-refractivity contribution in [2.75, 3.05) is 37.6 Å². The van der Waals surface area contributed by atoms with Crippen LogP contribution in [0.25, 0.3) is 0 Å². The number of piperazine rings is 1. The Hall–Kier alpha value is -1.82. The molecule has 0 aliphatic carbocycles. The summed E-state index contributed by atoms with van der Waals surface area (Å²) in [6, 6.07) is 6.01. The lowest BCUT2D eigenvalue weighted by molar-refractivity contribution is 0.370. The van der Waals surface area contributed by atoms with Gasteiger partial charge in [0.25, 0.3) is 0 Å². The number of rotatable bonds is 3. The van der Waals surface area contributed by atoms with Crippen LogP contribution in [0.5, 0.6) is 0 Å². The fraction of sp³-hybridized carbons (Fsp3) is 0.571. The molecule has 2 rings (SSSR count). The monoisotopic (exact) mass is 276 g/mol. The number of hydrogen-bond donors (Lipinski definition) is 2. The zero-order chi connectivity index (χ0) is 14.4. The number of pyridine rings is 1. The molecule has 0 spiro atoms. The summed E-state index contributed by atoms with van der Waals surface area (Å²) < 4.78 is 0. The third-order valence-electron chi connectivity index (χ3n) is 3.29. The molecule has 3 N–H and O–H groups in total. The standard InChI is InChI=1S/C14H24N6/c1-12(2)11-17-14(18-15)20-9-7-19(8-10-20)13-5-3-4-6-16-13/h3-6,12H,7-11,15H2,1-2H3,(H,17,18). The molecule has 1 aromatic rings. The number of nitrogens with two attached hydrogens (primary N) is 1. The Morgan fingerprint density at radius 3 is 2.65 bits per heavy atom. The van der Waals surface area contributed by atoms with Gasteiger partial charge < -0.3 is 9.80 Å². The van der Waals surface area contributed by atoms with Crippen LogP contribution in [0.15, 0.2) is 29.4 Å². The van der Waals surface area contributed by atoms with Gasteiger partial charge in [0.1, 0.15) is 5.82 Å². The number of anilines is 1. The van der Waals surface area contributed by atoms with E-state index in [0.29, 0.717) is 5.92 Å². The molecule has 2 heterocycles. The summed E-state index contributed by atoms with van der Waals surface area (Å²) in [4.78, 5) is 13.4. The molecule has 1 aromatic heterocycles. The van der Waals surface area contributed by atoms with Gasteiger partial charge in [0.2, 0.25) is 5.96 Å². The largest absolute Gasteiger partial charge is 0.353 e. The smallest absolute Gasteiger partial charge is 0.208 e. The number of nitrogens with zero attached hydrogens (tertiary/aromatic N) is 4. The summed E-state index contributed by atoms with van der Waals surface area (Å²) in [6.07, 6.45) is 1.83. The Balaban J connectivity index is 1.91. The first-order chi connectivity index (χ1) is 9.70. The van der Waals surface area contributed by atoms with Crippen LogP contribution in [0.4, 0.5) is 5.82 Å². The van der Waals surface area contributed by atoms with Crippen LogP contribution in [0.2, 0.25) is 0 Å². The minimum Gasteiger partial charge on any atom is -0.353 e. The Morgan fingerprint density at radius 1 is 1.35 bits per heavy atom. The fourth-order valence-electron chi connectivity index (χ4n) is 2.19. The van der Waals surface area contributed by atoms with E-state index in [2.05, 4.69) is 39.0 Å². The van der Waals surface area contributed by atoms with E-state index in [1.807, 2.05) is 24.4 Å². The Bertz CT molecular complexity index is 423. The highest BCUT2D eigenvalue weighted by molar-refractivity contribution is 5.79. The van der Waals surface area contributed by atoms with Gasteiger partial charge in [-0.2, -0.15) is 0 Å². The molecule has 0 bridgehead atoms. The number of nitrogens with one attached hydrogen (secondary N) is 1. The fourth-order valence-corrected chi connectivity index (χ4v) is 2.19. The maximum absolute atomic E-state index is 5.59. The van der Waals surface area contributed by atoms with Crippen LogP contribution in [-0.2, 0) is 0 Å². The van der Waals surface area contributed by atoms with Gasteiger partial charge in [-0.1, -0.05) is 19.9 Å². The molecule has 1 saturated heterocycles. The third-order valence-corrected chi connectivity index (χ3v) is 3.29. The van der Waals surface area contributed by atoms with E-state index < -0.39 is 0 Å². The van der Waals surface area contributed by atoms with Gasteiger partial charge in [0.05, 0.1) is 0 Å². The zero-order valence-electron chi connectivity index (χ0n) is 12.3. The molecule has 20 heavy (non-hydrogen) atoms. The summed E-state index contributed by atoms with van der Waals surface area (Å²) in [7, 11) is 0. The van der Waals surface area contributed by atoms with Gasteiger partial charge in [-0.3, -0.25) is 10.4 Å². The van der Waals surface area contributed by atoms with Crippen LogP contribution in [0.3, 0.4) is 0 Å². The lowest BCUT2D eigenvalue weighted by atomic mass is 10.2. The minimum atomic E-state index is 0.535. The highest BCUT2D eigenvalue weighted by Crippen LogP contribution is 2.12. The molecular formula is C14H24N6. The van der Waals surface area contributed by atoms with E-state index in [1.54, 1.807) is 0 Å². The van der Waals surface area contributed by atoms with Gasteiger partial charge in [-0.15, -0.1) is 0 Å². The summed E-state index contributed by atoms with van der Waals surface area (Å²) in [5.41, 5.74) is 2.72. The Kier molecular flexibility index (Phi) is 5.17. The molecule has 0 unspecified atom stereocenters. The van der Waals surface area contributed by atoms with Gasteiger partial charge in [-0.05, 0) is 18.1 Å². The molecule has 1 fully saturated rings. The van der Waals surface area contributed by atoms with Gasteiger partial charge in [0.15, 0.2) is 0 Å². The van der Waals surface area contributed by atoms with Crippen molar-refractivity contribution in [2.24, 2.45) is 16.8 Å². The average molecular weight is 276 g/mol. The number of guanidine groups is 1. The molecule has 0 saturated carbocycles. The van der Waals surface area contributed by atoms with Crippen molar-refractivity contribution in [3.8, 4) is 0 Å². The maximum Gasteiger partial charge on any atom is 0.208 e. The molecule has 110 valence electrons. The molecule has 6 heteroatoms. The summed E-state index contributed by atoms with van der Waals surface area (Å²) in [5.74, 6) is 7.95. The second-order valence-corrected chi connectivity index (χ2v) is 5.36. The number of aromatic nitrogens is 1. The van der Waals surface area contributed by atoms with Crippen LogP contribution < -0.4 is 16.2 Å². The topological polar surface area (TPSA) is 69.8 Å². The number of hydrogen-bond acceptors (Lipinski definition) is 4. The van der Waals surface area contributed by atoms with Crippen molar-refractivity contribution in [1.82, 2.24) is 15.3 Å². The first-order valence-corrected chi connectivity index (χ1v) is 7.12. The summed E-state index contributed by atoms with van der Waals surface area (Å²) >= 11 is 0. The summed E-state index contributed by atoms with van der Waals surface area (Å²) in [6.45, 7) is 8.75. The number of aliphatic imine (C=N–C) groups is 1. The van der Waals surface area contributed by atoms with Gasteiger partial charge in [-0.25, -0.2) is 10.8 Å². The van der Waals surface area contributed by atoms with E-state index >= 15 is 0 Å². The molecule has 0 radical (unpaired) electrons. The average Bonchev–Trinajstić information content (AvgIpc) is 2.49. The molecule has 0 atom stereocenters. The molecule has 0 amide bonds. The van der Waals surface area contributed by atoms with Gasteiger partial charge >= 0.3 is 0 Å². The molecule has 1 aliphatic heterocycles. The Labute approximate surface area is 120 Å². The van der Waals surface area contributed by atoms with E-state index in [4.69, 9.17) is 5.84 Å². The lowest BCUT2D eigenvalue weighted by Gasteiger charge is -2.36. The van der Waals surface area contributed by atoms with Crippen molar-refractivity contribution in [1.29, 1.82) is 0 Å². The third kappa shape index (κ3) is 3.84. The highest BCUT2D eigenvalue weighted by Gasteiger charge is 2.20. The van der Waals surface area contributed by atoms with E-state index in [9.17, 15) is 0 Å². The summed E-state index contributed by atoms with van der Waals surface area (Å²) in [5, 5.41) is 0. The van der Waals surface area contributed by atoms with Crippen molar-refractivity contribution >= 4 is 11.8 Å². The first-order valence-electron chi connectivity index (χ1n) is 7.12. The highest BCUT2D eigenvalue weighted by atomic mass is 15.4. The van der Waals surface area contributed by atoms with Crippen molar-refractivity contribution in [2.45, 2.75) is 13.8 Å². The van der Waals surface area contributed by atoms with E-state index in [1.165, 1.54) is 0 Å². The quantitative estimate of drug-likeness (QED) is 0.368. The normalized spacial score (nSPS) is 16.7. The van der Waals surface area contributed by atoms with Crippen LogP contribution in [0.1, 0.15) is 13.8 Å². The zero-order valence-corrected chi connectivity index (χ0v) is 12.3. The minimum absolute atomic E-state index is 0.535. The van der Waals surface area contributed by atoms with Crippen molar-refractivity contribution < 1.29 is 0 Å². The van der Waals surface area contributed by atoms with Crippen LogP contribution >= 0.6 is 0 Å². The molecular weight excluding hydrogens is 252 g/mol. The second-order valence-electron chi connectivity index (χ2n) is 5.36. The predicted molar refractivity (Wildman–Crippen MR) is 82.5 cm³/mol. The SMILES string of the molecule is CC(C)CN=C(NN)N1CCN(c2ccccn2)CC1. The van der Waals surface area contributed by atoms with Crippen LogP contribution in [-0.4, -0.2) is 48.6 Å². The van der Waals surface area contributed by atoms with Crippen molar-refractivity contribution in [3.05, 3.63) is 24.4 Å². The molecule has 0 aromatic carbocycles. The van der Waals surface area contributed by atoms with E-state index in [0.717, 1.165) is 44.5 Å². The maximum atomic E-state index is 5.59. The van der Waals surface area contributed by atoms with Gasteiger partial charge in [0, 0.05) is 38.9 Å². The Morgan fingerprint density at radius 2 is 2.10 bits per heavy atom. The molecule has 6 nitrogen and oxygen atoms in total. The number of hydrazine groups is 1. The van der Waals surface area contributed by atoms with E-state index in [-0.39, 0.29) is 0 Å². The van der Waals surface area contributed by atoms with Crippen molar-refractivity contribution in [3.63, 3.8) is 0 Å². The second kappa shape index (κ2) is 7.09. The van der Waals surface area contributed by atoms with Crippen LogP contribution in [0, 0.1) is 5.92 Å². The first kappa shape index (κ1) is 14.6.